The van der Waals surface area contributed by atoms with E-state index in [1.807, 2.05) is 19.0 Å². The third-order valence-corrected chi connectivity index (χ3v) is 2.69. The second kappa shape index (κ2) is 6.51. The molecule has 1 N–H and O–H groups in total. The van der Waals surface area contributed by atoms with E-state index in [1.54, 1.807) is 18.2 Å². The molecular weight excluding hydrogens is 284 g/mol. The van der Waals surface area contributed by atoms with Crippen molar-refractivity contribution in [1.29, 1.82) is 0 Å². The third-order valence-electron chi connectivity index (χ3n) is 2.20. The van der Waals surface area contributed by atoms with Crippen molar-refractivity contribution in [3.8, 4) is 0 Å². The first-order valence-electron chi connectivity index (χ1n) is 5.22. The first-order chi connectivity index (χ1) is 8.02. The average Bonchev–Trinajstić information content (AvgIpc) is 2.28. The highest BCUT2D eigenvalue weighted by atomic mass is 79.9. The molecule has 17 heavy (non-hydrogen) atoms. The van der Waals surface area contributed by atoms with Gasteiger partial charge in [-0.1, -0.05) is 15.9 Å². The highest BCUT2D eigenvalue weighted by Gasteiger charge is 2.07. The summed E-state index contributed by atoms with van der Waals surface area (Å²) in [4.78, 5) is 24.4. The lowest BCUT2D eigenvalue weighted by atomic mass is 10.2. The Morgan fingerprint density at radius 2 is 2.18 bits per heavy atom. The van der Waals surface area contributed by atoms with Crippen LogP contribution < -0.4 is 5.32 Å². The summed E-state index contributed by atoms with van der Waals surface area (Å²) in [5, 5.41) is 2.73. The molecule has 1 aromatic rings. The molecule has 0 heterocycles. The number of benzene rings is 1. The van der Waals surface area contributed by atoms with E-state index in [9.17, 15) is 9.59 Å². The molecule has 0 aliphatic carbocycles. The van der Waals surface area contributed by atoms with Crippen LogP contribution in [-0.2, 0) is 4.79 Å². The number of nitrogens with one attached hydrogen (secondary N) is 1. The lowest BCUT2D eigenvalue weighted by Gasteiger charge is -2.11. The van der Waals surface area contributed by atoms with Gasteiger partial charge in [-0.25, -0.2) is 0 Å². The maximum absolute atomic E-state index is 11.6. The van der Waals surface area contributed by atoms with Crippen molar-refractivity contribution in [2.24, 2.45) is 0 Å². The lowest BCUT2D eigenvalue weighted by molar-refractivity contribution is -0.116. The van der Waals surface area contributed by atoms with E-state index in [-0.39, 0.29) is 5.91 Å². The fourth-order valence-electron chi connectivity index (χ4n) is 1.28. The van der Waals surface area contributed by atoms with Gasteiger partial charge >= 0.3 is 0 Å². The van der Waals surface area contributed by atoms with Gasteiger partial charge in [0.05, 0.1) is 5.69 Å². The van der Waals surface area contributed by atoms with Crippen LogP contribution in [0.2, 0.25) is 0 Å². The Kier molecular flexibility index (Phi) is 5.31. The Labute approximate surface area is 109 Å². The van der Waals surface area contributed by atoms with E-state index in [0.717, 1.165) is 10.8 Å². The minimum Gasteiger partial charge on any atom is -0.325 e. The normalized spacial score (nSPS) is 10.4. The molecule has 0 saturated carbocycles. The van der Waals surface area contributed by atoms with Gasteiger partial charge in [0.1, 0.15) is 0 Å². The number of hydrogen-bond donors (Lipinski definition) is 1. The van der Waals surface area contributed by atoms with E-state index < -0.39 is 0 Å². The van der Waals surface area contributed by atoms with Gasteiger partial charge in [-0.3, -0.25) is 9.59 Å². The SMILES string of the molecule is CN(C)CCC(=O)Nc1ccc(Br)cc1C=O. The summed E-state index contributed by atoms with van der Waals surface area (Å²) in [7, 11) is 3.81. The predicted octanol–water partition coefficient (Wildman–Crippen LogP) is 2.15. The zero-order chi connectivity index (χ0) is 12.8. The van der Waals surface area contributed by atoms with Gasteiger partial charge in [0.2, 0.25) is 5.91 Å². The average molecular weight is 299 g/mol. The second-order valence-corrected chi connectivity index (χ2v) is 4.87. The van der Waals surface area contributed by atoms with Crippen LogP contribution in [0.1, 0.15) is 16.8 Å². The third kappa shape index (κ3) is 4.66. The molecule has 5 heteroatoms. The maximum atomic E-state index is 11.6. The van der Waals surface area contributed by atoms with Crippen LogP contribution in [0.15, 0.2) is 22.7 Å². The fourth-order valence-corrected chi connectivity index (χ4v) is 1.66. The van der Waals surface area contributed by atoms with E-state index >= 15 is 0 Å². The van der Waals surface area contributed by atoms with Gasteiger partial charge in [-0.2, -0.15) is 0 Å². The number of aldehydes is 1. The molecule has 0 bridgehead atoms. The molecule has 92 valence electrons. The molecule has 0 atom stereocenters. The number of hydrogen-bond acceptors (Lipinski definition) is 3. The molecule has 1 amide bonds. The second-order valence-electron chi connectivity index (χ2n) is 3.95. The summed E-state index contributed by atoms with van der Waals surface area (Å²) in [5.41, 5.74) is 1.02. The van der Waals surface area contributed by atoms with E-state index in [2.05, 4.69) is 21.2 Å². The van der Waals surface area contributed by atoms with Crippen molar-refractivity contribution >= 4 is 33.8 Å². The van der Waals surface area contributed by atoms with E-state index in [0.29, 0.717) is 24.2 Å². The molecule has 0 unspecified atom stereocenters. The molecular formula is C12H15BrN2O2. The Balaban J connectivity index is 2.68. The van der Waals surface area contributed by atoms with Crippen LogP contribution in [0.25, 0.3) is 0 Å². The molecule has 1 aromatic carbocycles. The molecule has 1 rings (SSSR count). The zero-order valence-electron chi connectivity index (χ0n) is 9.87. The van der Waals surface area contributed by atoms with Gasteiger partial charge in [0, 0.05) is 23.0 Å². The predicted molar refractivity (Wildman–Crippen MR) is 71.3 cm³/mol. The largest absolute Gasteiger partial charge is 0.325 e. The Morgan fingerprint density at radius 1 is 1.47 bits per heavy atom. The smallest absolute Gasteiger partial charge is 0.225 e. The van der Waals surface area contributed by atoms with Gasteiger partial charge in [-0.05, 0) is 32.3 Å². The lowest BCUT2D eigenvalue weighted by Crippen LogP contribution is -2.21. The number of halogens is 1. The summed E-state index contributed by atoms with van der Waals surface area (Å²) < 4.78 is 0.811. The van der Waals surface area contributed by atoms with Crippen molar-refractivity contribution in [1.82, 2.24) is 4.90 Å². The number of amides is 1. The summed E-state index contributed by atoms with van der Waals surface area (Å²) >= 11 is 3.27. The van der Waals surface area contributed by atoms with Gasteiger partial charge in [0.25, 0.3) is 0 Å². The van der Waals surface area contributed by atoms with Crippen LogP contribution >= 0.6 is 15.9 Å². The molecule has 0 aromatic heterocycles. The highest BCUT2D eigenvalue weighted by molar-refractivity contribution is 9.10. The summed E-state index contributed by atoms with van der Waals surface area (Å²) in [6, 6.07) is 5.17. The fraction of sp³-hybridized carbons (Fsp3) is 0.333. The number of carbonyl (C=O) groups excluding carboxylic acids is 2. The number of anilines is 1. The first-order valence-corrected chi connectivity index (χ1v) is 6.01. The molecule has 0 fully saturated rings. The Morgan fingerprint density at radius 3 is 2.76 bits per heavy atom. The molecule has 0 radical (unpaired) electrons. The number of carbonyl (C=O) groups is 2. The van der Waals surface area contributed by atoms with Crippen molar-refractivity contribution in [3.05, 3.63) is 28.2 Å². The molecule has 0 aliphatic rings. The Bertz CT molecular complexity index is 419. The van der Waals surface area contributed by atoms with Gasteiger partial charge < -0.3 is 10.2 Å². The quantitative estimate of drug-likeness (QED) is 0.848. The first kappa shape index (κ1) is 13.9. The van der Waals surface area contributed by atoms with Crippen molar-refractivity contribution in [2.45, 2.75) is 6.42 Å². The van der Waals surface area contributed by atoms with Gasteiger partial charge in [-0.15, -0.1) is 0 Å². The van der Waals surface area contributed by atoms with E-state index in [4.69, 9.17) is 0 Å². The summed E-state index contributed by atoms with van der Waals surface area (Å²) in [5.74, 6) is -0.0934. The highest BCUT2D eigenvalue weighted by Crippen LogP contribution is 2.19. The number of nitrogens with zero attached hydrogens (tertiary/aromatic N) is 1. The molecule has 4 nitrogen and oxygen atoms in total. The molecule has 0 saturated heterocycles. The van der Waals surface area contributed by atoms with Crippen LogP contribution in [-0.4, -0.2) is 37.7 Å². The molecule has 0 spiro atoms. The van der Waals surface area contributed by atoms with Crippen molar-refractivity contribution < 1.29 is 9.59 Å². The minimum absolute atomic E-state index is 0.0934. The Hall–Kier alpha value is -1.20. The van der Waals surface area contributed by atoms with Crippen LogP contribution in [0.4, 0.5) is 5.69 Å². The van der Waals surface area contributed by atoms with Crippen LogP contribution in [0, 0.1) is 0 Å². The van der Waals surface area contributed by atoms with Crippen molar-refractivity contribution in [3.63, 3.8) is 0 Å². The van der Waals surface area contributed by atoms with Crippen LogP contribution in [0.5, 0.6) is 0 Å². The summed E-state index contributed by atoms with van der Waals surface area (Å²) in [6.45, 7) is 0.679. The monoisotopic (exact) mass is 298 g/mol. The zero-order valence-corrected chi connectivity index (χ0v) is 11.5. The van der Waals surface area contributed by atoms with Crippen molar-refractivity contribution in [2.75, 3.05) is 26.0 Å². The maximum Gasteiger partial charge on any atom is 0.225 e. The van der Waals surface area contributed by atoms with Gasteiger partial charge in [0.15, 0.2) is 6.29 Å². The topological polar surface area (TPSA) is 49.4 Å². The standard InChI is InChI=1S/C12H15BrN2O2/c1-15(2)6-5-12(17)14-11-4-3-10(13)7-9(11)8-16/h3-4,7-8H,5-6H2,1-2H3,(H,14,17). The minimum atomic E-state index is -0.0934. The summed E-state index contributed by atoms with van der Waals surface area (Å²) in [6.07, 6.45) is 1.13. The molecule has 0 aliphatic heterocycles. The van der Waals surface area contributed by atoms with Crippen LogP contribution in [0.3, 0.4) is 0 Å². The van der Waals surface area contributed by atoms with E-state index in [1.165, 1.54) is 0 Å². The number of rotatable bonds is 5.